The molecule has 0 spiro atoms. The molecule has 0 radical (unpaired) electrons. The Bertz CT molecular complexity index is 1250. The largest absolute Gasteiger partial charge is 0.492 e. The Hall–Kier alpha value is -3.76. The van der Waals surface area contributed by atoms with E-state index >= 15 is 0 Å². The van der Waals surface area contributed by atoms with E-state index in [4.69, 9.17) is 21.4 Å². The lowest BCUT2D eigenvalue weighted by Crippen LogP contribution is -2.22. The molecule has 0 aliphatic heterocycles. The quantitative estimate of drug-likeness (QED) is 0.330. The average Bonchev–Trinajstić information content (AvgIpc) is 2.81. The summed E-state index contributed by atoms with van der Waals surface area (Å²) in [7, 11) is 1.77. The lowest BCUT2D eigenvalue weighted by atomic mass is 10.1. The lowest BCUT2D eigenvalue weighted by Gasteiger charge is -2.14. The van der Waals surface area contributed by atoms with Gasteiger partial charge in [-0.1, -0.05) is 17.7 Å². The predicted octanol–water partition coefficient (Wildman–Crippen LogP) is 4.47. The van der Waals surface area contributed by atoms with Crippen LogP contribution >= 0.6 is 11.6 Å². The van der Waals surface area contributed by atoms with E-state index in [1.165, 1.54) is 30.6 Å². The Kier molecular flexibility index (Phi) is 8.93. The molecule has 1 aromatic heterocycles. The Balaban J connectivity index is 1.82. The van der Waals surface area contributed by atoms with Gasteiger partial charge in [-0.3, -0.25) is 9.59 Å². The molecule has 0 aliphatic rings. The molecule has 0 atom stereocenters. The molecule has 3 N–H and O–H groups in total. The van der Waals surface area contributed by atoms with Crippen LogP contribution in [0.25, 0.3) is 10.9 Å². The van der Waals surface area contributed by atoms with Gasteiger partial charge in [0.05, 0.1) is 29.3 Å². The molecule has 1 amide bonds. The van der Waals surface area contributed by atoms with E-state index in [0.29, 0.717) is 53.5 Å². The fourth-order valence-corrected chi connectivity index (χ4v) is 3.34. The fraction of sp³-hybridized carbons (Fsp3) is 0.250. The van der Waals surface area contributed by atoms with Crippen LogP contribution in [0.5, 0.6) is 5.75 Å². The molecule has 0 fully saturated rings. The van der Waals surface area contributed by atoms with Gasteiger partial charge in [0.2, 0.25) is 5.91 Å². The summed E-state index contributed by atoms with van der Waals surface area (Å²) in [6.07, 6.45) is 4.42. The second-order valence-electron chi connectivity index (χ2n) is 7.57. The molecule has 0 saturated carbocycles. The van der Waals surface area contributed by atoms with Crippen molar-refractivity contribution in [3.05, 3.63) is 59.7 Å². The van der Waals surface area contributed by atoms with Crippen molar-refractivity contribution in [2.24, 2.45) is 0 Å². The number of ether oxygens (including phenoxy) is 1. The number of carbonyl (C=O) groups is 2. The number of rotatable bonds is 11. The van der Waals surface area contributed by atoms with Crippen LogP contribution in [-0.2, 0) is 9.59 Å². The summed E-state index contributed by atoms with van der Waals surface area (Å²) in [6.45, 7) is 2.99. The number of likely N-dealkylation sites (N-methyl/N-ethyl adjacent to an activating group) is 1. The summed E-state index contributed by atoms with van der Waals surface area (Å²) in [6, 6.07) is 7.62. The molecule has 3 aromatic rings. The first kappa shape index (κ1) is 25.9. The third-order valence-corrected chi connectivity index (χ3v) is 5.16. The van der Waals surface area contributed by atoms with Gasteiger partial charge in [0.15, 0.2) is 0 Å². The number of nitrogens with zero attached hydrogens (tertiary/aromatic N) is 3. The molecule has 0 aliphatic carbocycles. The summed E-state index contributed by atoms with van der Waals surface area (Å²) in [5.41, 5.74) is 1.53. The monoisotopic (exact) mass is 501 g/mol. The molecule has 11 heteroatoms. The molecule has 184 valence electrons. The van der Waals surface area contributed by atoms with Crippen LogP contribution in [0, 0.1) is 5.82 Å². The van der Waals surface area contributed by atoms with Crippen molar-refractivity contribution in [3.8, 4) is 5.75 Å². The number of carbonyl (C=O) groups excluding carboxylic acids is 1. The number of hydrogen-bond donors (Lipinski definition) is 3. The molecule has 9 nitrogen and oxygen atoms in total. The molecule has 0 bridgehead atoms. The molecule has 0 unspecified atom stereocenters. The smallest absolute Gasteiger partial charge is 0.304 e. The third kappa shape index (κ3) is 7.36. The summed E-state index contributed by atoms with van der Waals surface area (Å²) in [5, 5.41) is 15.2. The number of aliphatic carboxylic acids is 1. The van der Waals surface area contributed by atoms with Gasteiger partial charge in [-0.25, -0.2) is 14.4 Å². The van der Waals surface area contributed by atoms with Crippen molar-refractivity contribution in [3.63, 3.8) is 0 Å². The Labute approximate surface area is 206 Å². The van der Waals surface area contributed by atoms with Crippen LogP contribution in [-0.4, -0.2) is 58.6 Å². The lowest BCUT2D eigenvalue weighted by molar-refractivity contribution is -0.137. The highest BCUT2D eigenvalue weighted by Gasteiger charge is 2.13. The Morgan fingerprint density at radius 3 is 2.77 bits per heavy atom. The van der Waals surface area contributed by atoms with Crippen LogP contribution < -0.4 is 15.4 Å². The van der Waals surface area contributed by atoms with E-state index in [0.717, 1.165) is 0 Å². The average molecular weight is 502 g/mol. The van der Waals surface area contributed by atoms with Gasteiger partial charge in [0.1, 0.15) is 23.7 Å². The number of carboxylic acids is 1. The third-order valence-electron chi connectivity index (χ3n) is 4.87. The summed E-state index contributed by atoms with van der Waals surface area (Å²) in [5.74, 6) is -0.911. The van der Waals surface area contributed by atoms with Gasteiger partial charge in [0.25, 0.3) is 0 Å². The van der Waals surface area contributed by atoms with Crippen LogP contribution in [0.2, 0.25) is 5.02 Å². The zero-order valence-corrected chi connectivity index (χ0v) is 20.0. The molecule has 0 saturated heterocycles. The Morgan fingerprint density at radius 2 is 2.06 bits per heavy atom. The fourth-order valence-electron chi connectivity index (χ4n) is 3.16. The van der Waals surface area contributed by atoms with Gasteiger partial charge in [-0.15, -0.1) is 0 Å². The van der Waals surface area contributed by atoms with E-state index in [-0.39, 0.29) is 17.4 Å². The van der Waals surface area contributed by atoms with Gasteiger partial charge < -0.3 is 25.4 Å². The number of anilines is 3. The maximum atomic E-state index is 13.5. The van der Waals surface area contributed by atoms with E-state index in [1.54, 1.807) is 30.2 Å². The van der Waals surface area contributed by atoms with Crippen molar-refractivity contribution in [2.45, 2.75) is 13.3 Å². The van der Waals surface area contributed by atoms with Crippen molar-refractivity contribution in [1.29, 1.82) is 0 Å². The summed E-state index contributed by atoms with van der Waals surface area (Å²) < 4.78 is 19.2. The standard InChI is InChI=1S/C24H25ClFN5O4/c1-3-35-21-13-19-16(24(28-14-27-19)29-15-6-7-18(26)17(25)11-15)12-20(21)30-22(32)5-4-9-31(2)10-8-23(33)34/h4-7,11-14H,3,8-10H2,1-2H3,(H,30,32)(H,33,34)(H,27,28,29)/b5-4+. The summed E-state index contributed by atoms with van der Waals surface area (Å²) in [4.78, 5) is 33.6. The number of amides is 1. The van der Waals surface area contributed by atoms with Gasteiger partial charge in [-0.2, -0.15) is 0 Å². The minimum atomic E-state index is -0.876. The Morgan fingerprint density at radius 1 is 1.26 bits per heavy atom. The van der Waals surface area contributed by atoms with Crippen LogP contribution in [0.4, 0.5) is 21.6 Å². The molecule has 35 heavy (non-hydrogen) atoms. The maximum absolute atomic E-state index is 13.5. The second-order valence-corrected chi connectivity index (χ2v) is 7.98. The number of nitrogens with one attached hydrogen (secondary N) is 2. The number of carboxylic acid groups (broad SMARTS) is 1. The number of aromatic nitrogens is 2. The number of fused-ring (bicyclic) bond motifs is 1. The molecular formula is C24H25ClFN5O4. The van der Waals surface area contributed by atoms with Crippen molar-refractivity contribution in [1.82, 2.24) is 14.9 Å². The topological polar surface area (TPSA) is 117 Å². The summed E-state index contributed by atoms with van der Waals surface area (Å²) >= 11 is 5.88. The van der Waals surface area contributed by atoms with E-state index in [9.17, 15) is 14.0 Å². The highest BCUT2D eigenvalue weighted by Crippen LogP contribution is 2.33. The van der Waals surface area contributed by atoms with Crippen LogP contribution in [0.15, 0.2) is 48.8 Å². The van der Waals surface area contributed by atoms with Gasteiger partial charge >= 0.3 is 5.97 Å². The first-order valence-corrected chi connectivity index (χ1v) is 11.2. The first-order valence-electron chi connectivity index (χ1n) is 10.8. The van der Waals surface area contributed by atoms with Crippen molar-refractivity contribution >= 4 is 51.6 Å². The highest BCUT2D eigenvalue weighted by atomic mass is 35.5. The molecular weight excluding hydrogens is 477 g/mol. The van der Waals surface area contributed by atoms with Crippen molar-refractivity contribution in [2.75, 3.05) is 37.4 Å². The second kappa shape index (κ2) is 12.1. The first-order chi connectivity index (χ1) is 16.8. The van der Waals surface area contributed by atoms with E-state index < -0.39 is 11.8 Å². The molecule has 3 rings (SSSR count). The van der Waals surface area contributed by atoms with Crippen molar-refractivity contribution < 1.29 is 23.8 Å². The normalized spacial score (nSPS) is 11.2. The minimum Gasteiger partial charge on any atom is -0.492 e. The highest BCUT2D eigenvalue weighted by molar-refractivity contribution is 6.31. The number of benzene rings is 2. The zero-order valence-electron chi connectivity index (χ0n) is 19.2. The van der Waals surface area contributed by atoms with Crippen LogP contribution in [0.1, 0.15) is 13.3 Å². The number of halogens is 2. The van der Waals surface area contributed by atoms with Crippen LogP contribution in [0.3, 0.4) is 0 Å². The predicted molar refractivity (Wildman–Crippen MR) is 133 cm³/mol. The SMILES string of the molecule is CCOc1cc2ncnc(Nc3ccc(F)c(Cl)c3)c2cc1NC(=O)/C=C/CN(C)CCC(=O)O. The van der Waals surface area contributed by atoms with E-state index in [2.05, 4.69) is 20.6 Å². The van der Waals surface area contributed by atoms with Gasteiger partial charge in [0, 0.05) is 36.3 Å². The molecule has 2 aromatic carbocycles. The van der Waals surface area contributed by atoms with Gasteiger partial charge in [-0.05, 0) is 38.2 Å². The number of hydrogen-bond acceptors (Lipinski definition) is 7. The minimum absolute atomic E-state index is 0.0217. The zero-order chi connectivity index (χ0) is 25.4. The maximum Gasteiger partial charge on any atom is 0.304 e. The molecule has 1 heterocycles. The van der Waals surface area contributed by atoms with E-state index in [1.807, 2.05) is 6.92 Å².